The molecular formula is C15H10Cl2FN5O. The van der Waals surface area contributed by atoms with Gasteiger partial charge in [-0.15, -0.1) is 5.10 Å². The molecule has 3 rings (SSSR count). The maximum absolute atomic E-state index is 13.6. The highest BCUT2D eigenvalue weighted by molar-refractivity contribution is 6.37. The quantitative estimate of drug-likeness (QED) is 0.718. The van der Waals surface area contributed by atoms with Gasteiger partial charge in [-0.3, -0.25) is 4.79 Å². The highest BCUT2D eigenvalue weighted by Crippen LogP contribution is 2.26. The Balaban J connectivity index is 1.90. The Morgan fingerprint density at radius 2 is 2.00 bits per heavy atom. The van der Waals surface area contributed by atoms with Gasteiger partial charge in [-0.1, -0.05) is 29.3 Å². The molecule has 0 radical (unpaired) electrons. The summed E-state index contributed by atoms with van der Waals surface area (Å²) in [7, 11) is 0. The number of rotatable bonds is 3. The number of carbonyl (C=O) groups excluding carboxylic acids is 1. The van der Waals surface area contributed by atoms with Crippen LogP contribution in [0.4, 0.5) is 10.1 Å². The Morgan fingerprint density at radius 1 is 1.21 bits per heavy atom. The molecule has 6 nitrogen and oxygen atoms in total. The van der Waals surface area contributed by atoms with Crippen LogP contribution >= 0.6 is 23.2 Å². The van der Waals surface area contributed by atoms with Crippen molar-refractivity contribution in [3.05, 3.63) is 63.6 Å². The van der Waals surface area contributed by atoms with Crippen molar-refractivity contribution in [3.63, 3.8) is 0 Å². The van der Waals surface area contributed by atoms with Gasteiger partial charge in [-0.2, -0.15) is 0 Å². The summed E-state index contributed by atoms with van der Waals surface area (Å²) in [4.78, 5) is 12.3. The number of tetrazole rings is 1. The van der Waals surface area contributed by atoms with E-state index in [2.05, 4.69) is 20.8 Å². The predicted octanol–water partition coefficient (Wildman–Crippen LogP) is 3.67. The van der Waals surface area contributed by atoms with E-state index in [4.69, 9.17) is 23.2 Å². The van der Waals surface area contributed by atoms with E-state index in [1.807, 2.05) is 6.92 Å². The average Bonchev–Trinajstić information content (AvgIpc) is 3.07. The molecule has 0 bridgehead atoms. The van der Waals surface area contributed by atoms with Crippen LogP contribution in [0.1, 0.15) is 15.9 Å². The van der Waals surface area contributed by atoms with Gasteiger partial charge in [0, 0.05) is 5.69 Å². The molecule has 0 fully saturated rings. The van der Waals surface area contributed by atoms with Crippen molar-refractivity contribution in [3.8, 4) is 5.69 Å². The standard InChI is InChI=1S/C15H10Cl2FN5O/c1-8-2-3-9(4-14(8)23-7-19-21-22-23)20-15(24)10-5-13(18)12(17)6-11(10)16/h2-7H,1H3,(H,20,24). The molecule has 1 amide bonds. The van der Waals surface area contributed by atoms with E-state index in [0.29, 0.717) is 11.4 Å². The minimum absolute atomic E-state index is 0.0110. The zero-order valence-electron chi connectivity index (χ0n) is 12.3. The molecule has 0 spiro atoms. The van der Waals surface area contributed by atoms with Crippen LogP contribution in [0.25, 0.3) is 5.69 Å². The maximum atomic E-state index is 13.6. The number of amides is 1. The van der Waals surface area contributed by atoms with Crippen LogP contribution in [-0.4, -0.2) is 26.1 Å². The first-order valence-electron chi connectivity index (χ1n) is 6.75. The van der Waals surface area contributed by atoms with Gasteiger partial charge in [0.1, 0.15) is 12.1 Å². The molecule has 0 atom stereocenters. The monoisotopic (exact) mass is 365 g/mol. The first kappa shape index (κ1) is 16.4. The number of benzene rings is 2. The number of hydrogen-bond acceptors (Lipinski definition) is 4. The molecule has 0 unspecified atom stereocenters. The number of nitrogens with zero attached hydrogens (tertiary/aromatic N) is 4. The van der Waals surface area contributed by atoms with Crippen molar-refractivity contribution >= 4 is 34.8 Å². The Hall–Kier alpha value is -2.51. The number of nitrogens with one attached hydrogen (secondary N) is 1. The van der Waals surface area contributed by atoms with Crippen molar-refractivity contribution in [1.29, 1.82) is 0 Å². The van der Waals surface area contributed by atoms with E-state index in [9.17, 15) is 9.18 Å². The Morgan fingerprint density at radius 3 is 2.71 bits per heavy atom. The van der Waals surface area contributed by atoms with E-state index in [1.165, 1.54) is 17.1 Å². The summed E-state index contributed by atoms with van der Waals surface area (Å²) in [6.45, 7) is 1.88. The summed E-state index contributed by atoms with van der Waals surface area (Å²) in [6.07, 6.45) is 1.44. The minimum Gasteiger partial charge on any atom is -0.322 e. The predicted molar refractivity (Wildman–Crippen MR) is 88.3 cm³/mol. The van der Waals surface area contributed by atoms with Crippen molar-refractivity contribution < 1.29 is 9.18 Å². The number of aryl methyl sites for hydroxylation is 1. The van der Waals surface area contributed by atoms with Crippen molar-refractivity contribution in [2.75, 3.05) is 5.32 Å². The largest absolute Gasteiger partial charge is 0.322 e. The highest BCUT2D eigenvalue weighted by Gasteiger charge is 2.15. The molecule has 1 heterocycles. The minimum atomic E-state index is -0.718. The second-order valence-electron chi connectivity index (χ2n) is 4.96. The molecule has 0 aliphatic heterocycles. The Bertz CT molecular complexity index is 914. The SMILES string of the molecule is Cc1ccc(NC(=O)c2cc(F)c(Cl)cc2Cl)cc1-n1cnnn1. The summed E-state index contributed by atoms with van der Waals surface area (Å²) in [5.74, 6) is -1.27. The highest BCUT2D eigenvalue weighted by atomic mass is 35.5. The van der Waals surface area contributed by atoms with Crippen molar-refractivity contribution in [1.82, 2.24) is 20.2 Å². The third-order valence-electron chi connectivity index (χ3n) is 3.32. The zero-order chi connectivity index (χ0) is 17.3. The lowest BCUT2D eigenvalue weighted by atomic mass is 10.1. The van der Waals surface area contributed by atoms with Crippen LogP contribution in [0.3, 0.4) is 0 Å². The van der Waals surface area contributed by atoms with Crippen molar-refractivity contribution in [2.24, 2.45) is 0 Å². The van der Waals surface area contributed by atoms with Gasteiger partial charge in [0.05, 0.1) is 21.3 Å². The number of aromatic nitrogens is 4. The maximum Gasteiger partial charge on any atom is 0.257 e. The summed E-state index contributed by atoms with van der Waals surface area (Å²) in [5.41, 5.74) is 2.09. The van der Waals surface area contributed by atoms with Crippen LogP contribution in [0.5, 0.6) is 0 Å². The second kappa shape index (κ2) is 6.54. The Kier molecular flexibility index (Phi) is 4.46. The molecule has 0 saturated heterocycles. The Labute approximate surface area is 146 Å². The lowest BCUT2D eigenvalue weighted by Crippen LogP contribution is -2.13. The molecule has 0 saturated carbocycles. The fourth-order valence-corrected chi connectivity index (χ4v) is 2.57. The van der Waals surface area contributed by atoms with Crippen LogP contribution in [0, 0.1) is 12.7 Å². The van der Waals surface area contributed by atoms with Crippen molar-refractivity contribution in [2.45, 2.75) is 6.92 Å². The van der Waals surface area contributed by atoms with E-state index in [-0.39, 0.29) is 15.6 Å². The van der Waals surface area contributed by atoms with Gasteiger partial charge in [0.2, 0.25) is 0 Å². The molecule has 122 valence electrons. The number of anilines is 1. The molecule has 0 aliphatic rings. The second-order valence-corrected chi connectivity index (χ2v) is 5.77. The summed E-state index contributed by atoms with van der Waals surface area (Å²) in [5, 5.41) is 13.6. The summed E-state index contributed by atoms with van der Waals surface area (Å²) in [6, 6.07) is 7.40. The van der Waals surface area contributed by atoms with E-state index in [1.54, 1.807) is 18.2 Å². The first-order valence-corrected chi connectivity index (χ1v) is 7.51. The molecule has 3 aromatic rings. The van der Waals surface area contributed by atoms with Gasteiger partial charge in [0.15, 0.2) is 0 Å². The van der Waals surface area contributed by atoms with Crippen LogP contribution in [0.2, 0.25) is 10.0 Å². The molecule has 1 N–H and O–H groups in total. The number of hydrogen-bond donors (Lipinski definition) is 1. The van der Waals surface area contributed by atoms with Crippen LogP contribution < -0.4 is 5.32 Å². The average molecular weight is 366 g/mol. The lowest BCUT2D eigenvalue weighted by molar-refractivity contribution is 0.102. The first-order chi connectivity index (χ1) is 11.5. The molecule has 0 aliphatic carbocycles. The fourth-order valence-electron chi connectivity index (χ4n) is 2.10. The number of carbonyl (C=O) groups is 1. The fraction of sp³-hybridized carbons (Fsp3) is 0.0667. The molecular weight excluding hydrogens is 356 g/mol. The van der Waals surface area contributed by atoms with Crippen LogP contribution in [-0.2, 0) is 0 Å². The van der Waals surface area contributed by atoms with Gasteiger partial charge < -0.3 is 5.32 Å². The third kappa shape index (κ3) is 3.22. The smallest absolute Gasteiger partial charge is 0.257 e. The van der Waals surface area contributed by atoms with E-state index >= 15 is 0 Å². The van der Waals surface area contributed by atoms with E-state index < -0.39 is 11.7 Å². The van der Waals surface area contributed by atoms with Gasteiger partial charge in [-0.25, -0.2) is 9.07 Å². The number of halogens is 3. The molecule has 24 heavy (non-hydrogen) atoms. The lowest BCUT2D eigenvalue weighted by Gasteiger charge is -2.10. The van der Waals surface area contributed by atoms with E-state index in [0.717, 1.165) is 11.6 Å². The van der Waals surface area contributed by atoms with Gasteiger partial charge in [0.25, 0.3) is 5.91 Å². The molecule has 2 aromatic carbocycles. The summed E-state index contributed by atoms with van der Waals surface area (Å²) < 4.78 is 15.0. The van der Waals surface area contributed by atoms with Crippen LogP contribution in [0.15, 0.2) is 36.7 Å². The van der Waals surface area contributed by atoms with Gasteiger partial charge in [-0.05, 0) is 47.2 Å². The summed E-state index contributed by atoms with van der Waals surface area (Å²) >= 11 is 11.6. The molecule has 1 aromatic heterocycles. The normalized spacial score (nSPS) is 10.7. The molecule has 9 heteroatoms. The third-order valence-corrected chi connectivity index (χ3v) is 3.92. The topological polar surface area (TPSA) is 72.7 Å². The zero-order valence-corrected chi connectivity index (χ0v) is 13.8. The van der Waals surface area contributed by atoms with Gasteiger partial charge >= 0.3 is 0 Å².